The SMILES string of the molecule is Cc1ccccc1C(=O)N(CCN1CCC2(CC1)C(=O)NCN2c1cccc(F)c1)C(=O)c1ccccc1C.O=C(O)C(F)(F)F. The number of hydrogen-bond donors (Lipinski definition) is 2. The van der Waals surface area contributed by atoms with Crippen molar-refractivity contribution in [3.05, 3.63) is 101 Å². The van der Waals surface area contributed by atoms with Crippen molar-refractivity contribution < 1.29 is 41.8 Å². The highest BCUT2D eigenvalue weighted by molar-refractivity contribution is 6.11. The normalized spacial score (nSPS) is 16.0. The van der Waals surface area contributed by atoms with Gasteiger partial charge in [0.25, 0.3) is 11.8 Å². The average Bonchev–Trinajstić information content (AvgIpc) is 3.33. The largest absolute Gasteiger partial charge is 0.490 e. The number of rotatable bonds is 6. The number of nitrogens with one attached hydrogen (secondary N) is 1. The number of benzene rings is 3. The number of aryl methyl sites for hydroxylation is 2. The van der Waals surface area contributed by atoms with Gasteiger partial charge in [0.2, 0.25) is 5.91 Å². The molecule has 13 heteroatoms. The van der Waals surface area contributed by atoms with Crippen molar-refractivity contribution in [1.29, 1.82) is 0 Å². The van der Waals surface area contributed by atoms with Crippen molar-refractivity contribution in [2.75, 3.05) is 37.7 Å². The molecule has 2 saturated heterocycles. The van der Waals surface area contributed by atoms with Gasteiger partial charge in [-0.25, -0.2) is 9.18 Å². The van der Waals surface area contributed by atoms with Crippen LogP contribution in [0, 0.1) is 19.7 Å². The van der Waals surface area contributed by atoms with Crippen molar-refractivity contribution in [2.24, 2.45) is 0 Å². The molecule has 2 fully saturated rings. The third kappa shape index (κ3) is 7.53. The zero-order valence-corrected chi connectivity index (χ0v) is 25.3. The molecular formula is C33H34F4N4O5. The number of carbonyl (C=O) groups is 4. The van der Waals surface area contributed by atoms with Crippen molar-refractivity contribution in [1.82, 2.24) is 15.1 Å². The molecule has 46 heavy (non-hydrogen) atoms. The third-order valence-corrected chi connectivity index (χ3v) is 8.26. The summed E-state index contributed by atoms with van der Waals surface area (Å²) in [6, 6.07) is 20.9. The first kappa shape index (κ1) is 34.1. The van der Waals surface area contributed by atoms with Gasteiger partial charge in [0.15, 0.2) is 0 Å². The molecular weight excluding hydrogens is 608 g/mol. The smallest absolute Gasteiger partial charge is 0.475 e. The Morgan fingerprint density at radius 1 is 0.891 bits per heavy atom. The number of nitrogens with zero attached hydrogens (tertiary/aromatic N) is 3. The van der Waals surface area contributed by atoms with Crippen LogP contribution in [0.2, 0.25) is 0 Å². The van der Waals surface area contributed by atoms with Gasteiger partial charge in [-0.1, -0.05) is 42.5 Å². The number of alkyl halides is 3. The molecule has 0 unspecified atom stereocenters. The second-order valence-electron chi connectivity index (χ2n) is 11.1. The van der Waals surface area contributed by atoms with Crippen molar-refractivity contribution >= 4 is 29.4 Å². The van der Waals surface area contributed by atoms with E-state index in [2.05, 4.69) is 10.2 Å². The molecule has 244 valence electrons. The molecule has 9 nitrogen and oxygen atoms in total. The Kier molecular flexibility index (Phi) is 10.5. The first-order valence-electron chi connectivity index (χ1n) is 14.6. The van der Waals surface area contributed by atoms with E-state index in [1.54, 1.807) is 30.3 Å². The highest BCUT2D eigenvalue weighted by Gasteiger charge is 2.50. The standard InChI is InChI=1S/C31H33FN4O3.C2HF3O2/c1-22-8-3-5-12-26(22)28(37)35(29(38)27-13-6-4-9-23(27)2)19-18-34-16-14-31(15-17-34)30(39)33-21-36(31)25-11-7-10-24(32)20-25;3-2(4,5)1(6)7/h3-13,20H,14-19,21H2,1-2H3,(H,33,39);(H,6,7). The minimum atomic E-state index is -5.08. The molecule has 0 atom stereocenters. The van der Waals surface area contributed by atoms with Crippen LogP contribution in [-0.4, -0.2) is 83.2 Å². The van der Waals surface area contributed by atoms with Crippen LogP contribution in [0.25, 0.3) is 0 Å². The summed E-state index contributed by atoms with van der Waals surface area (Å²) in [7, 11) is 0. The molecule has 2 heterocycles. The fourth-order valence-electron chi connectivity index (χ4n) is 5.67. The number of carboxylic acids is 1. The number of anilines is 1. The lowest BCUT2D eigenvalue weighted by molar-refractivity contribution is -0.192. The van der Waals surface area contributed by atoms with Crippen LogP contribution in [-0.2, 0) is 9.59 Å². The Bertz CT molecular complexity index is 1550. The Morgan fingerprint density at radius 2 is 1.41 bits per heavy atom. The average molecular weight is 643 g/mol. The molecule has 0 bridgehead atoms. The van der Waals surface area contributed by atoms with Crippen molar-refractivity contribution in [2.45, 2.75) is 38.4 Å². The molecule has 0 saturated carbocycles. The Labute approximate surface area is 263 Å². The van der Waals surface area contributed by atoms with Crippen molar-refractivity contribution in [3.63, 3.8) is 0 Å². The van der Waals surface area contributed by atoms with Gasteiger partial charge in [-0.2, -0.15) is 13.2 Å². The third-order valence-electron chi connectivity index (χ3n) is 8.26. The van der Waals surface area contributed by atoms with Crippen LogP contribution < -0.4 is 10.2 Å². The number of likely N-dealkylation sites (tertiary alicyclic amines) is 1. The topological polar surface area (TPSA) is 110 Å². The minimum absolute atomic E-state index is 0.0440. The lowest BCUT2D eigenvalue weighted by Crippen LogP contribution is -2.57. The predicted octanol–water partition coefficient (Wildman–Crippen LogP) is 4.79. The summed E-state index contributed by atoms with van der Waals surface area (Å²) in [5, 5.41) is 10.1. The highest BCUT2D eigenvalue weighted by Crippen LogP contribution is 2.36. The molecule has 1 spiro atoms. The summed E-state index contributed by atoms with van der Waals surface area (Å²) >= 11 is 0. The molecule has 2 aliphatic heterocycles. The van der Waals surface area contributed by atoms with E-state index < -0.39 is 17.7 Å². The van der Waals surface area contributed by atoms with Crippen LogP contribution in [0.3, 0.4) is 0 Å². The van der Waals surface area contributed by atoms with E-state index in [4.69, 9.17) is 9.90 Å². The van der Waals surface area contributed by atoms with E-state index in [1.807, 2.05) is 49.1 Å². The Balaban J connectivity index is 0.000000617. The zero-order valence-electron chi connectivity index (χ0n) is 25.3. The number of aliphatic carboxylic acids is 1. The van der Waals surface area contributed by atoms with E-state index in [0.717, 1.165) is 11.1 Å². The lowest BCUT2D eigenvalue weighted by atomic mass is 9.85. The van der Waals surface area contributed by atoms with Crippen LogP contribution in [0.1, 0.15) is 44.7 Å². The molecule has 2 N–H and O–H groups in total. The molecule has 3 aromatic carbocycles. The lowest BCUT2D eigenvalue weighted by Gasteiger charge is -2.43. The number of imide groups is 1. The molecule has 0 radical (unpaired) electrons. The van der Waals surface area contributed by atoms with E-state index in [9.17, 15) is 31.9 Å². The van der Waals surface area contributed by atoms with Crippen LogP contribution in [0.15, 0.2) is 72.8 Å². The molecule has 0 aromatic heterocycles. The van der Waals surface area contributed by atoms with Crippen LogP contribution in [0.5, 0.6) is 0 Å². The van der Waals surface area contributed by atoms with E-state index in [1.165, 1.54) is 17.0 Å². The molecule has 2 aliphatic rings. The number of halogens is 4. The van der Waals surface area contributed by atoms with E-state index >= 15 is 0 Å². The molecule has 0 aliphatic carbocycles. The number of carboxylic acid groups (broad SMARTS) is 1. The summed E-state index contributed by atoms with van der Waals surface area (Å²) in [6.07, 6.45) is -3.96. The maximum Gasteiger partial charge on any atom is 0.490 e. The summed E-state index contributed by atoms with van der Waals surface area (Å²) in [5.41, 5.74) is 2.58. The van der Waals surface area contributed by atoms with Gasteiger partial charge in [-0.3, -0.25) is 19.3 Å². The zero-order chi connectivity index (χ0) is 33.6. The van der Waals surface area contributed by atoms with E-state index in [-0.39, 0.29) is 30.1 Å². The van der Waals surface area contributed by atoms with Crippen LogP contribution in [0.4, 0.5) is 23.2 Å². The summed E-state index contributed by atoms with van der Waals surface area (Å²) in [4.78, 5) is 54.6. The van der Waals surface area contributed by atoms with Gasteiger partial charge < -0.3 is 20.2 Å². The monoisotopic (exact) mass is 642 g/mol. The second-order valence-corrected chi connectivity index (χ2v) is 11.1. The number of hydrogen-bond acceptors (Lipinski definition) is 6. The number of amides is 3. The van der Waals surface area contributed by atoms with Gasteiger partial charge >= 0.3 is 12.1 Å². The van der Waals surface area contributed by atoms with E-state index in [0.29, 0.717) is 56.0 Å². The fraction of sp³-hybridized carbons (Fsp3) is 0.333. The number of carbonyl (C=O) groups excluding carboxylic acids is 3. The van der Waals surface area contributed by atoms with Gasteiger partial charge in [0, 0.05) is 43.0 Å². The Hall–Kier alpha value is -4.78. The van der Waals surface area contributed by atoms with Gasteiger partial charge in [-0.15, -0.1) is 0 Å². The van der Waals surface area contributed by atoms with Gasteiger partial charge in [-0.05, 0) is 68.1 Å². The van der Waals surface area contributed by atoms with Crippen molar-refractivity contribution in [3.8, 4) is 0 Å². The molecule has 5 rings (SSSR count). The summed E-state index contributed by atoms with van der Waals surface area (Å²) < 4.78 is 45.7. The maximum absolute atomic E-state index is 13.9. The quantitative estimate of drug-likeness (QED) is 0.294. The second kappa shape index (κ2) is 14.1. The van der Waals surface area contributed by atoms with Gasteiger partial charge in [0.1, 0.15) is 11.4 Å². The van der Waals surface area contributed by atoms with Crippen LogP contribution >= 0.6 is 0 Å². The Morgan fingerprint density at radius 3 is 1.89 bits per heavy atom. The predicted molar refractivity (Wildman–Crippen MR) is 162 cm³/mol. The fourth-order valence-corrected chi connectivity index (χ4v) is 5.67. The minimum Gasteiger partial charge on any atom is -0.475 e. The summed E-state index contributed by atoms with van der Waals surface area (Å²) in [6.45, 7) is 6.02. The highest BCUT2D eigenvalue weighted by atomic mass is 19.4. The maximum atomic E-state index is 13.9. The first-order valence-corrected chi connectivity index (χ1v) is 14.6. The number of piperidine rings is 1. The summed E-state index contributed by atoms with van der Waals surface area (Å²) in [5.74, 6) is -3.77. The first-order chi connectivity index (χ1) is 21.7. The van der Waals surface area contributed by atoms with Gasteiger partial charge in [0.05, 0.1) is 6.67 Å². The molecule has 3 aromatic rings. The molecule has 3 amide bonds.